The zero-order valence-corrected chi connectivity index (χ0v) is 10.9. The van der Waals surface area contributed by atoms with Gasteiger partial charge in [-0.2, -0.15) is 0 Å². The average molecular weight is 234 g/mol. The van der Waals surface area contributed by atoms with Gasteiger partial charge in [-0.15, -0.1) is 0 Å². The summed E-state index contributed by atoms with van der Waals surface area (Å²) in [6.07, 6.45) is 1.12. The normalized spacial score (nSPS) is 11.7. The van der Waals surface area contributed by atoms with Gasteiger partial charge in [0, 0.05) is 13.6 Å². The maximum absolute atomic E-state index is 5.51. The molecule has 0 radical (unpaired) electrons. The first-order valence-corrected chi connectivity index (χ1v) is 5.95. The van der Waals surface area contributed by atoms with Crippen molar-refractivity contribution in [2.24, 2.45) is 16.8 Å². The monoisotopic (exact) mass is 234 g/mol. The maximum Gasteiger partial charge on any atom is 0.213 e. The van der Waals surface area contributed by atoms with Crippen LogP contribution in [0.3, 0.4) is 0 Å². The number of nitrogens with two attached hydrogens (primary N) is 1. The van der Waals surface area contributed by atoms with Crippen molar-refractivity contribution in [2.45, 2.75) is 20.3 Å². The molecule has 0 saturated heterocycles. The summed E-state index contributed by atoms with van der Waals surface area (Å²) < 4.78 is 0. The third kappa shape index (κ3) is 4.87. The lowest BCUT2D eigenvalue weighted by atomic mass is 10.1. The van der Waals surface area contributed by atoms with Crippen molar-refractivity contribution < 1.29 is 0 Å². The molecule has 1 aromatic carbocycles. The van der Waals surface area contributed by atoms with Crippen LogP contribution in [-0.4, -0.2) is 24.5 Å². The van der Waals surface area contributed by atoms with E-state index in [1.54, 1.807) is 0 Å². The van der Waals surface area contributed by atoms with Crippen molar-refractivity contribution in [3.05, 3.63) is 30.3 Å². The third-order valence-corrected chi connectivity index (χ3v) is 2.52. The highest BCUT2D eigenvalue weighted by molar-refractivity contribution is 5.81. The summed E-state index contributed by atoms with van der Waals surface area (Å²) in [5.41, 5.74) is 3.55. The lowest BCUT2D eigenvalue weighted by molar-refractivity contribution is 0.426. The summed E-state index contributed by atoms with van der Waals surface area (Å²) >= 11 is 0. The van der Waals surface area contributed by atoms with Gasteiger partial charge in [0.2, 0.25) is 5.96 Å². The Balaban J connectivity index is 2.67. The molecule has 0 aliphatic rings. The molecule has 17 heavy (non-hydrogen) atoms. The fourth-order valence-corrected chi connectivity index (χ4v) is 1.41. The predicted molar refractivity (Wildman–Crippen MR) is 72.9 cm³/mol. The quantitative estimate of drug-likeness (QED) is 0.363. The van der Waals surface area contributed by atoms with Crippen molar-refractivity contribution in [3.63, 3.8) is 0 Å². The molecule has 0 bridgehead atoms. The molecule has 0 unspecified atom stereocenters. The van der Waals surface area contributed by atoms with Crippen molar-refractivity contribution in [1.29, 1.82) is 0 Å². The van der Waals surface area contributed by atoms with E-state index in [2.05, 4.69) is 24.3 Å². The van der Waals surface area contributed by atoms with E-state index in [1.165, 1.54) is 0 Å². The molecule has 0 fully saturated rings. The number of hydrazine groups is 1. The minimum Gasteiger partial charge on any atom is -0.345 e. The largest absolute Gasteiger partial charge is 0.345 e. The van der Waals surface area contributed by atoms with Crippen LogP contribution >= 0.6 is 0 Å². The second-order valence-corrected chi connectivity index (χ2v) is 4.52. The van der Waals surface area contributed by atoms with Crippen LogP contribution in [0.5, 0.6) is 0 Å². The lowest BCUT2D eigenvalue weighted by Gasteiger charge is -2.21. The standard InChI is InChI=1S/C13H22N4/c1-11(2)9-10-17(3)13(16-14)15-12-7-5-4-6-8-12/h4-8,11H,9-10,14H2,1-3H3,(H,15,16). The fourth-order valence-electron chi connectivity index (χ4n) is 1.41. The van der Waals surface area contributed by atoms with E-state index in [1.807, 2.05) is 42.3 Å². The first kappa shape index (κ1) is 13.5. The Kier molecular flexibility index (Phi) is 5.49. The van der Waals surface area contributed by atoms with Crippen LogP contribution in [-0.2, 0) is 0 Å². The van der Waals surface area contributed by atoms with Crippen LogP contribution in [0.15, 0.2) is 35.3 Å². The van der Waals surface area contributed by atoms with Crippen molar-refractivity contribution in [3.8, 4) is 0 Å². The van der Waals surface area contributed by atoms with E-state index < -0.39 is 0 Å². The minimum absolute atomic E-state index is 0.674. The summed E-state index contributed by atoms with van der Waals surface area (Å²) in [7, 11) is 1.99. The molecule has 4 nitrogen and oxygen atoms in total. The summed E-state index contributed by atoms with van der Waals surface area (Å²) in [6, 6.07) is 9.79. The Morgan fingerprint density at radius 3 is 2.53 bits per heavy atom. The Labute approximate surface area is 104 Å². The van der Waals surface area contributed by atoms with Gasteiger partial charge in [-0.05, 0) is 24.5 Å². The summed E-state index contributed by atoms with van der Waals surface area (Å²) in [5.74, 6) is 6.87. The molecule has 0 aromatic heterocycles. The van der Waals surface area contributed by atoms with Crippen LogP contribution in [0.25, 0.3) is 0 Å². The van der Waals surface area contributed by atoms with E-state index in [0.29, 0.717) is 11.9 Å². The molecule has 1 rings (SSSR count). The Morgan fingerprint density at radius 2 is 2.00 bits per heavy atom. The number of rotatable bonds is 4. The zero-order chi connectivity index (χ0) is 12.7. The first-order valence-electron chi connectivity index (χ1n) is 5.95. The molecule has 0 aliphatic heterocycles. The zero-order valence-electron chi connectivity index (χ0n) is 10.9. The molecule has 94 valence electrons. The molecule has 4 heteroatoms. The molecule has 1 aromatic rings. The molecule has 0 spiro atoms. The van der Waals surface area contributed by atoms with Crippen LogP contribution in [0.2, 0.25) is 0 Å². The topological polar surface area (TPSA) is 53.6 Å². The molecule has 0 atom stereocenters. The van der Waals surface area contributed by atoms with Crippen molar-refractivity contribution >= 4 is 11.6 Å². The highest BCUT2D eigenvalue weighted by Crippen LogP contribution is 2.10. The highest BCUT2D eigenvalue weighted by atomic mass is 15.4. The van der Waals surface area contributed by atoms with E-state index in [4.69, 9.17) is 5.84 Å². The minimum atomic E-state index is 0.674. The Bertz CT molecular complexity index is 346. The molecule has 0 aliphatic carbocycles. The Morgan fingerprint density at radius 1 is 1.35 bits per heavy atom. The van der Waals surface area contributed by atoms with Crippen LogP contribution < -0.4 is 11.3 Å². The van der Waals surface area contributed by atoms with E-state index in [-0.39, 0.29) is 0 Å². The van der Waals surface area contributed by atoms with Crippen molar-refractivity contribution in [2.75, 3.05) is 13.6 Å². The molecule has 3 N–H and O–H groups in total. The van der Waals surface area contributed by atoms with Gasteiger partial charge in [-0.1, -0.05) is 32.0 Å². The van der Waals surface area contributed by atoms with Gasteiger partial charge in [-0.25, -0.2) is 10.8 Å². The lowest BCUT2D eigenvalue weighted by Crippen LogP contribution is -2.43. The Hall–Kier alpha value is -1.55. The smallest absolute Gasteiger partial charge is 0.213 e. The molecular formula is C13H22N4. The van der Waals surface area contributed by atoms with Gasteiger partial charge >= 0.3 is 0 Å². The SMILES string of the molecule is CC(C)CCN(C)C(=Nc1ccccc1)NN. The van der Waals surface area contributed by atoms with Crippen molar-refractivity contribution in [1.82, 2.24) is 10.3 Å². The van der Waals surface area contributed by atoms with Crippen LogP contribution in [0, 0.1) is 5.92 Å². The number of nitrogens with one attached hydrogen (secondary N) is 1. The summed E-state index contributed by atoms with van der Waals surface area (Å²) in [5, 5.41) is 0. The number of hydrogen-bond donors (Lipinski definition) is 2. The third-order valence-electron chi connectivity index (χ3n) is 2.52. The summed E-state index contributed by atoms with van der Waals surface area (Å²) in [4.78, 5) is 6.50. The van der Waals surface area contributed by atoms with Crippen LogP contribution in [0.4, 0.5) is 5.69 Å². The van der Waals surface area contributed by atoms with Gasteiger partial charge in [0.15, 0.2) is 0 Å². The fraction of sp³-hybridized carbons (Fsp3) is 0.462. The maximum atomic E-state index is 5.51. The van der Waals surface area contributed by atoms with Gasteiger partial charge < -0.3 is 4.90 Å². The number of aliphatic imine (C=N–C) groups is 1. The molecular weight excluding hydrogens is 212 g/mol. The van der Waals surface area contributed by atoms with Gasteiger partial charge in [-0.3, -0.25) is 5.43 Å². The first-order chi connectivity index (χ1) is 8.13. The highest BCUT2D eigenvalue weighted by Gasteiger charge is 2.05. The van der Waals surface area contributed by atoms with E-state index in [0.717, 1.165) is 18.7 Å². The van der Waals surface area contributed by atoms with Crippen LogP contribution in [0.1, 0.15) is 20.3 Å². The number of guanidine groups is 1. The predicted octanol–water partition coefficient (Wildman–Crippen LogP) is 2.12. The van der Waals surface area contributed by atoms with Gasteiger partial charge in [0.05, 0.1) is 5.69 Å². The number of benzene rings is 1. The number of hydrogen-bond acceptors (Lipinski definition) is 2. The van der Waals surface area contributed by atoms with Gasteiger partial charge in [0.25, 0.3) is 0 Å². The van der Waals surface area contributed by atoms with E-state index in [9.17, 15) is 0 Å². The summed E-state index contributed by atoms with van der Waals surface area (Å²) in [6.45, 7) is 5.35. The van der Waals surface area contributed by atoms with E-state index >= 15 is 0 Å². The second-order valence-electron chi connectivity index (χ2n) is 4.52. The second kappa shape index (κ2) is 6.91. The molecule has 0 amide bonds. The number of para-hydroxylation sites is 1. The molecule has 0 saturated carbocycles. The van der Waals surface area contributed by atoms with Gasteiger partial charge in [0.1, 0.15) is 0 Å². The number of nitrogens with zero attached hydrogens (tertiary/aromatic N) is 2. The average Bonchev–Trinajstić information content (AvgIpc) is 2.34. The molecule has 0 heterocycles.